The third-order valence-electron chi connectivity index (χ3n) is 4.21. The van der Waals surface area contributed by atoms with Gasteiger partial charge >= 0.3 is 5.97 Å². The molecule has 2 heterocycles. The van der Waals surface area contributed by atoms with Gasteiger partial charge in [0.15, 0.2) is 12.4 Å². The fraction of sp³-hybridized carbons (Fsp3) is 0.238. The monoisotopic (exact) mass is 428 g/mol. The number of methoxy groups -OCH3 is 1. The Balaban J connectivity index is 1.72. The second-order valence-electron chi connectivity index (χ2n) is 6.67. The Kier molecular flexibility index (Phi) is 6.68. The van der Waals surface area contributed by atoms with Crippen LogP contribution in [-0.4, -0.2) is 40.4 Å². The van der Waals surface area contributed by atoms with Gasteiger partial charge in [0.1, 0.15) is 11.3 Å². The van der Waals surface area contributed by atoms with Crippen molar-refractivity contribution in [2.75, 3.05) is 19.0 Å². The molecule has 0 atom stereocenters. The number of carbonyl (C=O) groups excluding carboxylic acids is 2. The summed E-state index contributed by atoms with van der Waals surface area (Å²) in [5.41, 5.74) is 1.32. The van der Waals surface area contributed by atoms with Gasteiger partial charge in [0.25, 0.3) is 5.91 Å². The normalized spacial score (nSPS) is 10.7. The lowest BCUT2D eigenvalue weighted by Crippen LogP contribution is -2.22. The van der Waals surface area contributed by atoms with E-state index in [0.29, 0.717) is 28.0 Å². The standard InChI is InChI=1S/C21H21ClN4O4/c1-13(2)20-15(11-24-26(20)18-6-4-5-9-23-18)21(28)30-12-19(27)25-16-10-14(22)7-8-17(16)29-3/h4-11,13H,12H2,1-3H3,(H,25,27). The maximum absolute atomic E-state index is 12.6. The summed E-state index contributed by atoms with van der Waals surface area (Å²) >= 11 is 5.96. The Hall–Kier alpha value is -3.39. The zero-order chi connectivity index (χ0) is 21.7. The van der Waals surface area contributed by atoms with Crippen LogP contribution in [0.2, 0.25) is 5.02 Å². The van der Waals surface area contributed by atoms with Crippen LogP contribution in [0.4, 0.5) is 5.69 Å². The lowest BCUT2D eigenvalue weighted by Gasteiger charge is -2.12. The van der Waals surface area contributed by atoms with Gasteiger partial charge in [-0.3, -0.25) is 4.79 Å². The number of esters is 1. The van der Waals surface area contributed by atoms with E-state index in [2.05, 4.69) is 15.4 Å². The molecule has 0 saturated carbocycles. The maximum atomic E-state index is 12.6. The topological polar surface area (TPSA) is 95.3 Å². The van der Waals surface area contributed by atoms with Crippen molar-refractivity contribution in [1.82, 2.24) is 14.8 Å². The molecule has 2 aromatic heterocycles. The van der Waals surface area contributed by atoms with Crippen LogP contribution in [0.3, 0.4) is 0 Å². The molecule has 156 valence electrons. The number of hydrogen-bond donors (Lipinski definition) is 1. The summed E-state index contributed by atoms with van der Waals surface area (Å²) in [5.74, 6) is -0.160. The molecule has 1 aromatic carbocycles. The van der Waals surface area contributed by atoms with E-state index in [1.165, 1.54) is 13.3 Å². The van der Waals surface area contributed by atoms with Crippen molar-refractivity contribution in [2.45, 2.75) is 19.8 Å². The molecule has 0 radical (unpaired) electrons. The molecule has 0 fully saturated rings. The number of amides is 1. The highest BCUT2D eigenvalue weighted by molar-refractivity contribution is 6.31. The zero-order valence-corrected chi connectivity index (χ0v) is 17.5. The minimum Gasteiger partial charge on any atom is -0.495 e. The number of nitrogens with zero attached hydrogens (tertiary/aromatic N) is 3. The quantitative estimate of drug-likeness (QED) is 0.574. The van der Waals surface area contributed by atoms with E-state index in [-0.39, 0.29) is 11.5 Å². The molecule has 9 heteroatoms. The number of carbonyl (C=O) groups is 2. The summed E-state index contributed by atoms with van der Waals surface area (Å²) in [4.78, 5) is 29.2. The molecule has 30 heavy (non-hydrogen) atoms. The van der Waals surface area contributed by atoms with Gasteiger partial charge in [0.05, 0.1) is 24.7 Å². The molecular formula is C21H21ClN4O4. The van der Waals surface area contributed by atoms with Crippen LogP contribution in [0.5, 0.6) is 5.75 Å². The second kappa shape index (κ2) is 9.41. The molecule has 3 aromatic rings. The summed E-state index contributed by atoms with van der Waals surface area (Å²) < 4.78 is 12.0. The van der Waals surface area contributed by atoms with E-state index >= 15 is 0 Å². The molecule has 1 N–H and O–H groups in total. The number of pyridine rings is 1. The van der Waals surface area contributed by atoms with Gasteiger partial charge in [-0.2, -0.15) is 5.10 Å². The molecule has 0 aliphatic heterocycles. The van der Waals surface area contributed by atoms with Gasteiger partial charge in [0.2, 0.25) is 0 Å². The smallest absolute Gasteiger partial charge is 0.342 e. The Labute approximate surface area is 178 Å². The molecule has 3 rings (SSSR count). The Morgan fingerprint density at radius 3 is 2.70 bits per heavy atom. The van der Waals surface area contributed by atoms with E-state index in [0.717, 1.165) is 0 Å². The van der Waals surface area contributed by atoms with E-state index in [1.807, 2.05) is 19.9 Å². The third kappa shape index (κ3) is 4.77. The Bertz CT molecular complexity index is 1050. The highest BCUT2D eigenvalue weighted by atomic mass is 35.5. The molecular weight excluding hydrogens is 408 g/mol. The number of rotatable bonds is 7. The highest BCUT2D eigenvalue weighted by Gasteiger charge is 2.23. The molecule has 0 spiro atoms. The van der Waals surface area contributed by atoms with E-state index in [9.17, 15) is 9.59 Å². The first-order chi connectivity index (χ1) is 14.4. The van der Waals surface area contributed by atoms with Crippen molar-refractivity contribution >= 4 is 29.2 Å². The van der Waals surface area contributed by atoms with Crippen LogP contribution >= 0.6 is 11.6 Å². The van der Waals surface area contributed by atoms with Gasteiger partial charge in [-0.25, -0.2) is 14.5 Å². The van der Waals surface area contributed by atoms with Gasteiger partial charge in [-0.05, 0) is 36.2 Å². The summed E-state index contributed by atoms with van der Waals surface area (Å²) in [6.45, 7) is 3.40. The first kappa shape index (κ1) is 21.3. The van der Waals surface area contributed by atoms with Gasteiger partial charge < -0.3 is 14.8 Å². The van der Waals surface area contributed by atoms with Crippen LogP contribution in [0.15, 0.2) is 48.8 Å². The van der Waals surface area contributed by atoms with E-state index < -0.39 is 18.5 Å². The molecule has 0 aliphatic carbocycles. The highest BCUT2D eigenvalue weighted by Crippen LogP contribution is 2.27. The first-order valence-corrected chi connectivity index (χ1v) is 9.58. The van der Waals surface area contributed by atoms with Gasteiger partial charge in [-0.1, -0.05) is 31.5 Å². The summed E-state index contributed by atoms with van der Waals surface area (Å²) in [5, 5.41) is 7.34. The molecule has 0 bridgehead atoms. The molecule has 8 nitrogen and oxygen atoms in total. The van der Waals surface area contributed by atoms with Crippen molar-refractivity contribution < 1.29 is 19.1 Å². The van der Waals surface area contributed by atoms with Crippen LogP contribution < -0.4 is 10.1 Å². The van der Waals surface area contributed by atoms with Crippen LogP contribution in [0.1, 0.15) is 35.8 Å². The zero-order valence-electron chi connectivity index (χ0n) is 16.8. The Morgan fingerprint density at radius 2 is 2.03 bits per heavy atom. The predicted octanol–water partition coefficient (Wildman–Crippen LogP) is 3.85. The number of nitrogens with one attached hydrogen (secondary N) is 1. The summed E-state index contributed by atoms with van der Waals surface area (Å²) in [7, 11) is 1.48. The lowest BCUT2D eigenvalue weighted by atomic mass is 10.1. The number of halogens is 1. The summed E-state index contributed by atoms with van der Waals surface area (Å²) in [6, 6.07) is 10.2. The van der Waals surface area contributed by atoms with Crippen LogP contribution in [-0.2, 0) is 9.53 Å². The fourth-order valence-electron chi connectivity index (χ4n) is 2.91. The average Bonchev–Trinajstić information content (AvgIpc) is 3.18. The van der Waals surface area contributed by atoms with Crippen LogP contribution in [0.25, 0.3) is 5.82 Å². The minimum atomic E-state index is -0.644. The molecule has 0 saturated heterocycles. The van der Waals surface area contributed by atoms with Gasteiger partial charge in [-0.15, -0.1) is 0 Å². The number of benzene rings is 1. The minimum absolute atomic E-state index is 0.0263. The van der Waals surface area contributed by atoms with Crippen molar-refractivity contribution in [3.05, 3.63) is 65.1 Å². The van der Waals surface area contributed by atoms with Crippen molar-refractivity contribution in [2.24, 2.45) is 0 Å². The SMILES string of the molecule is COc1ccc(Cl)cc1NC(=O)COC(=O)c1cnn(-c2ccccn2)c1C(C)C. The number of ether oxygens (including phenoxy) is 2. The predicted molar refractivity (Wildman–Crippen MR) is 112 cm³/mol. The van der Waals surface area contributed by atoms with E-state index in [1.54, 1.807) is 41.2 Å². The van der Waals surface area contributed by atoms with Crippen molar-refractivity contribution in [3.8, 4) is 11.6 Å². The van der Waals surface area contributed by atoms with Crippen molar-refractivity contribution in [1.29, 1.82) is 0 Å². The first-order valence-electron chi connectivity index (χ1n) is 9.20. The van der Waals surface area contributed by atoms with Gasteiger partial charge in [0, 0.05) is 11.2 Å². The van der Waals surface area contributed by atoms with E-state index in [4.69, 9.17) is 21.1 Å². The molecule has 0 unspecified atom stereocenters. The number of aromatic nitrogens is 3. The number of hydrogen-bond acceptors (Lipinski definition) is 6. The largest absolute Gasteiger partial charge is 0.495 e. The molecule has 0 aliphatic rings. The second-order valence-corrected chi connectivity index (χ2v) is 7.10. The maximum Gasteiger partial charge on any atom is 0.342 e. The summed E-state index contributed by atoms with van der Waals surface area (Å²) in [6.07, 6.45) is 3.07. The Morgan fingerprint density at radius 1 is 1.23 bits per heavy atom. The van der Waals surface area contributed by atoms with Crippen LogP contribution in [0, 0.1) is 0 Å². The number of anilines is 1. The lowest BCUT2D eigenvalue weighted by molar-refractivity contribution is -0.119. The molecule has 1 amide bonds. The third-order valence-corrected chi connectivity index (χ3v) is 4.44. The fourth-order valence-corrected chi connectivity index (χ4v) is 3.08. The average molecular weight is 429 g/mol. The van der Waals surface area contributed by atoms with Crippen molar-refractivity contribution in [3.63, 3.8) is 0 Å².